The van der Waals surface area contributed by atoms with Crippen LogP contribution in [-0.4, -0.2) is 30.1 Å². The Hall–Kier alpha value is -0.640. The molecule has 2 atom stereocenters. The molecule has 2 aliphatic rings. The van der Waals surface area contributed by atoms with Crippen LogP contribution in [0.3, 0.4) is 0 Å². The zero-order valence-corrected chi connectivity index (χ0v) is 12.2. The van der Waals surface area contributed by atoms with Crippen LogP contribution in [0.15, 0.2) is 18.2 Å². The lowest BCUT2D eigenvalue weighted by Gasteiger charge is -2.28. The van der Waals surface area contributed by atoms with Gasteiger partial charge in [0.2, 0.25) is 0 Å². The lowest BCUT2D eigenvalue weighted by atomic mass is 10.1. The van der Waals surface area contributed by atoms with Crippen molar-refractivity contribution in [2.24, 2.45) is 0 Å². The lowest BCUT2D eigenvalue weighted by Crippen LogP contribution is -2.37. The third-order valence-corrected chi connectivity index (χ3v) is 4.47. The molecule has 2 unspecified atom stereocenters. The van der Waals surface area contributed by atoms with Crippen LogP contribution in [-0.2, 0) is 6.54 Å². The third kappa shape index (κ3) is 3.10. The van der Waals surface area contributed by atoms with Crippen LogP contribution in [0.25, 0.3) is 0 Å². The van der Waals surface area contributed by atoms with E-state index in [-0.39, 0.29) is 18.2 Å². The summed E-state index contributed by atoms with van der Waals surface area (Å²) < 4.78 is 13.4. The van der Waals surface area contributed by atoms with Crippen molar-refractivity contribution >= 4 is 12.4 Å². The van der Waals surface area contributed by atoms with Crippen LogP contribution in [0.1, 0.15) is 30.4 Å². The Morgan fingerprint density at radius 1 is 1.26 bits per heavy atom. The maximum absolute atomic E-state index is 13.4. The molecule has 1 aromatic carbocycles. The summed E-state index contributed by atoms with van der Waals surface area (Å²) in [5.41, 5.74) is 2.35. The van der Waals surface area contributed by atoms with Gasteiger partial charge in [0.25, 0.3) is 0 Å². The number of rotatable bonds is 2. The first kappa shape index (κ1) is 14.8. The standard InChI is InChI=1S/C15H21FN2.ClH/c1-11-2-3-13(16)8-12(11)10-18-14-4-5-15(18)9-17-7-6-14;/h2-3,8,14-15,17H,4-7,9-10H2,1H3;1H. The number of halogens is 2. The molecule has 106 valence electrons. The zero-order chi connectivity index (χ0) is 12.5. The van der Waals surface area contributed by atoms with Gasteiger partial charge in [-0.3, -0.25) is 4.90 Å². The molecule has 0 radical (unpaired) electrons. The highest BCUT2D eigenvalue weighted by molar-refractivity contribution is 5.85. The van der Waals surface area contributed by atoms with Gasteiger partial charge in [0.05, 0.1) is 0 Å². The molecular weight excluding hydrogens is 263 g/mol. The van der Waals surface area contributed by atoms with Crippen molar-refractivity contribution in [2.75, 3.05) is 13.1 Å². The molecule has 2 saturated heterocycles. The number of hydrogen-bond acceptors (Lipinski definition) is 2. The normalized spacial score (nSPS) is 26.8. The minimum absolute atomic E-state index is 0. The van der Waals surface area contributed by atoms with Gasteiger partial charge in [-0.1, -0.05) is 6.07 Å². The Morgan fingerprint density at radius 3 is 2.89 bits per heavy atom. The molecular formula is C15H22ClFN2. The number of aryl methyl sites for hydroxylation is 1. The fourth-order valence-electron chi connectivity index (χ4n) is 3.35. The molecule has 0 aromatic heterocycles. The van der Waals surface area contributed by atoms with Crippen molar-refractivity contribution in [1.82, 2.24) is 10.2 Å². The van der Waals surface area contributed by atoms with Crippen molar-refractivity contribution in [1.29, 1.82) is 0 Å². The molecule has 2 fully saturated rings. The van der Waals surface area contributed by atoms with E-state index in [0.29, 0.717) is 12.1 Å². The summed E-state index contributed by atoms with van der Waals surface area (Å²) in [6.45, 7) is 5.19. The maximum atomic E-state index is 13.4. The molecule has 1 aromatic rings. The average molecular weight is 285 g/mol. The molecule has 2 bridgehead atoms. The Balaban J connectivity index is 0.00000133. The Bertz CT molecular complexity index is 424. The van der Waals surface area contributed by atoms with E-state index in [2.05, 4.69) is 17.1 Å². The van der Waals surface area contributed by atoms with Gasteiger partial charge in [-0.25, -0.2) is 4.39 Å². The minimum Gasteiger partial charge on any atom is -0.315 e. The fourth-order valence-corrected chi connectivity index (χ4v) is 3.35. The van der Waals surface area contributed by atoms with Crippen molar-refractivity contribution < 1.29 is 4.39 Å². The van der Waals surface area contributed by atoms with Crippen LogP contribution in [0, 0.1) is 12.7 Å². The lowest BCUT2D eigenvalue weighted by molar-refractivity contribution is 0.193. The number of benzene rings is 1. The molecule has 2 nitrogen and oxygen atoms in total. The highest BCUT2D eigenvalue weighted by atomic mass is 35.5. The van der Waals surface area contributed by atoms with E-state index in [1.807, 2.05) is 6.07 Å². The first-order chi connectivity index (χ1) is 8.74. The van der Waals surface area contributed by atoms with E-state index in [1.165, 1.54) is 24.8 Å². The summed E-state index contributed by atoms with van der Waals surface area (Å²) in [6.07, 6.45) is 3.82. The molecule has 19 heavy (non-hydrogen) atoms. The van der Waals surface area contributed by atoms with Gasteiger partial charge in [-0.2, -0.15) is 0 Å². The molecule has 0 saturated carbocycles. The smallest absolute Gasteiger partial charge is 0.123 e. The molecule has 1 N–H and O–H groups in total. The van der Waals surface area contributed by atoms with Gasteiger partial charge >= 0.3 is 0 Å². The van der Waals surface area contributed by atoms with E-state index >= 15 is 0 Å². The molecule has 4 heteroatoms. The Morgan fingerprint density at radius 2 is 2.05 bits per heavy atom. The minimum atomic E-state index is -0.115. The summed E-state index contributed by atoms with van der Waals surface area (Å²) in [5.74, 6) is -0.115. The quantitative estimate of drug-likeness (QED) is 0.898. The Labute approximate surface area is 120 Å². The van der Waals surface area contributed by atoms with Crippen LogP contribution < -0.4 is 5.32 Å². The van der Waals surface area contributed by atoms with Gasteiger partial charge in [-0.05, 0) is 56.0 Å². The first-order valence-corrected chi connectivity index (χ1v) is 6.95. The second-order valence-electron chi connectivity index (χ2n) is 5.62. The van der Waals surface area contributed by atoms with E-state index < -0.39 is 0 Å². The number of nitrogens with one attached hydrogen (secondary N) is 1. The summed E-state index contributed by atoms with van der Waals surface area (Å²) in [4.78, 5) is 2.59. The molecule has 3 rings (SSSR count). The van der Waals surface area contributed by atoms with Crippen LogP contribution in [0.4, 0.5) is 4.39 Å². The van der Waals surface area contributed by atoms with Crippen LogP contribution in [0.2, 0.25) is 0 Å². The van der Waals surface area contributed by atoms with Crippen molar-refractivity contribution in [2.45, 2.75) is 44.8 Å². The molecule has 2 heterocycles. The van der Waals surface area contributed by atoms with Gasteiger partial charge in [0.1, 0.15) is 5.82 Å². The summed E-state index contributed by atoms with van der Waals surface area (Å²) >= 11 is 0. The second-order valence-corrected chi connectivity index (χ2v) is 5.62. The predicted octanol–water partition coefficient (Wildman–Crippen LogP) is 2.88. The topological polar surface area (TPSA) is 15.3 Å². The molecule has 2 aliphatic heterocycles. The molecule has 0 spiro atoms. The first-order valence-electron chi connectivity index (χ1n) is 6.95. The summed E-state index contributed by atoms with van der Waals surface area (Å²) in [7, 11) is 0. The zero-order valence-electron chi connectivity index (χ0n) is 11.4. The fraction of sp³-hybridized carbons (Fsp3) is 0.600. The number of nitrogens with zero attached hydrogens (tertiary/aromatic N) is 1. The molecule has 0 aliphatic carbocycles. The number of hydrogen-bond donors (Lipinski definition) is 1. The van der Waals surface area contributed by atoms with E-state index in [9.17, 15) is 4.39 Å². The SMILES string of the molecule is Cc1ccc(F)cc1CN1C2CCNCC1CC2.Cl. The third-order valence-electron chi connectivity index (χ3n) is 4.47. The second kappa shape index (κ2) is 6.21. The number of fused-ring (bicyclic) bond motifs is 2. The van der Waals surface area contributed by atoms with Crippen molar-refractivity contribution in [3.05, 3.63) is 35.1 Å². The highest BCUT2D eigenvalue weighted by Gasteiger charge is 2.34. The van der Waals surface area contributed by atoms with Gasteiger partial charge in [0.15, 0.2) is 0 Å². The summed E-state index contributed by atoms with van der Waals surface area (Å²) in [5, 5.41) is 3.50. The van der Waals surface area contributed by atoms with E-state index in [4.69, 9.17) is 0 Å². The van der Waals surface area contributed by atoms with E-state index in [1.54, 1.807) is 12.1 Å². The largest absolute Gasteiger partial charge is 0.315 e. The van der Waals surface area contributed by atoms with E-state index in [0.717, 1.165) is 25.2 Å². The predicted molar refractivity (Wildman–Crippen MR) is 78.2 cm³/mol. The van der Waals surface area contributed by atoms with Gasteiger partial charge < -0.3 is 5.32 Å². The van der Waals surface area contributed by atoms with Crippen molar-refractivity contribution in [3.63, 3.8) is 0 Å². The van der Waals surface area contributed by atoms with Crippen LogP contribution >= 0.6 is 12.4 Å². The van der Waals surface area contributed by atoms with Crippen LogP contribution in [0.5, 0.6) is 0 Å². The highest BCUT2D eigenvalue weighted by Crippen LogP contribution is 2.30. The monoisotopic (exact) mass is 284 g/mol. The molecule has 0 amide bonds. The van der Waals surface area contributed by atoms with Crippen molar-refractivity contribution in [3.8, 4) is 0 Å². The van der Waals surface area contributed by atoms with Gasteiger partial charge in [-0.15, -0.1) is 12.4 Å². The Kier molecular flexibility index (Phi) is 4.82. The average Bonchev–Trinajstić information content (AvgIpc) is 2.58. The van der Waals surface area contributed by atoms with Gasteiger partial charge in [0, 0.05) is 25.2 Å². The summed E-state index contributed by atoms with van der Waals surface area (Å²) in [6, 6.07) is 6.47. The maximum Gasteiger partial charge on any atom is 0.123 e.